The molecule has 1 unspecified atom stereocenters. The molecule has 1 amide bonds. The fourth-order valence-corrected chi connectivity index (χ4v) is 2.18. The molecule has 2 rings (SSSR count). The van der Waals surface area contributed by atoms with Crippen molar-refractivity contribution in [3.8, 4) is 5.75 Å². The largest absolute Gasteiger partial charge is 0.484 e. The van der Waals surface area contributed by atoms with Crippen LogP contribution in [-0.4, -0.2) is 12.5 Å². The minimum atomic E-state index is -0.686. The van der Waals surface area contributed by atoms with Crippen molar-refractivity contribution < 1.29 is 18.3 Å². The molecule has 2 aromatic carbocycles. The summed E-state index contributed by atoms with van der Waals surface area (Å²) in [7, 11) is 0. The van der Waals surface area contributed by atoms with Gasteiger partial charge < -0.3 is 10.1 Å². The highest BCUT2D eigenvalue weighted by Gasteiger charge is 2.14. The molecule has 0 spiro atoms. The summed E-state index contributed by atoms with van der Waals surface area (Å²) in [4.78, 5) is 11.9. The minimum absolute atomic E-state index is 0.168. The topological polar surface area (TPSA) is 38.3 Å². The van der Waals surface area contributed by atoms with Crippen molar-refractivity contribution in [1.29, 1.82) is 0 Å². The van der Waals surface area contributed by atoms with Crippen molar-refractivity contribution in [1.82, 2.24) is 5.32 Å². The number of nitrogens with one attached hydrogen (secondary N) is 1. The van der Waals surface area contributed by atoms with Gasteiger partial charge in [0.2, 0.25) is 0 Å². The van der Waals surface area contributed by atoms with Crippen LogP contribution in [0.4, 0.5) is 8.78 Å². The van der Waals surface area contributed by atoms with E-state index in [1.54, 1.807) is 19.1 Å². The molecular weight excluding hydrogens is 300 g/mol. The number of hydrogen-bond donors (Lipinski definition) is 1. The molecule has 1 atom stereocenters. The number of hydrogen-bond acceptors (Lipinski definition) is 2. The lowest BCUT2D eigenvalue weighted by Gasteiger charge is -2.15. The molecule has 0 aliphatic carbocycles. The summed E-state index contributed by atoms with van der Waals surface area (Å²) in [5.41, 5.74) is 1.41. The van der Waals surface area contributed by atoms with Crippen LogP contribution in [0.1, 0.15) is 31.0 Å². The van der Waals surface area contributed by atoms with Crippen LogP contribution in [0.25, 0.3) is 0 Å². The monoisotopic (exact) mass is 319 g/mol. The van der Waals surface area contributed by atoms with Crippen LogP contribution in [0.3, 0.4) is 0 Å². The van der Waals surface area contributed by atoms with E-state index >= 15 is 0 Å². The highest BCUT2D eigenvalue weighted by atomic mass is 19.1. The van der Waals surface area contributed by atoms with E-state index in [1.807, 2.05) is 12.1 Å². The molecule has 0 aliphatic rings. The minimum Gasteiger partial charge on any atom is -0.484 e. The highest BCUT2D eigenvalue weighted by molar-refractivity contribution is 5.78. The Morgan fingerprint density at radius 3 is 2.48 bits per heavy atom. The predicted molar refractivity (Wildman–Crippen MR) is 84.2 cm³/mol. The fraction of sp³-hybridized carbons (Fsp3) is 0.278. The van der Waals surface area contributed by atoms with Crippen LogP contribution in [-0.2, 0) is 11.2 Å². The number of amides is 1. The first-order valence-corrected chi connectivity index (χ1v) is 7.45. The zero-order chi connectivity index (χ0) is 16.8. The van der Waals surface area contributed by atoms with Gasteiger partial charge in [0, 0.05) is 11.6 Å². The number of benzene rings is 2. The predicted octanol–water partition coefficient (Wildman–Crippen LogP) is 3.78. The first-order valence-electron chi connectivity index (χ1n) is 7.45. The molecule has 1 N–H and O–H groups in total. The summed E-state index contributed by atoms with van der Waals surface area (Å²) < 4.78 is 31.9. The van der Waals surface area contributed by atoms with Crippen LogP contribution in [0.15, 0.2) is 42.5 Å². The second-order valence-corrected chi connectivity index (χ2v) is 5.24. The Kier molecular flexibility index (Phi) is 5.68. The van der Waals surface area contributed by atoms with E-state index in [4.69, 9.17) is 4.74 Å². The third-order valence-corrected chi connectivity index (χ3v) is 3.51. The first kappa shape index (κ1) is 16.9. The lowest BCUT2D eigenvalue weighted by Crippen LogP contribution is -2.31. The standard InChI is InChI=1S/C18H19F2NO2/c1-3-13-4-7-15(8-5-13)23-11-18(22)21-12(2)16-9-6-14(19)10-17(16)20/h4-10,12H,3,11H2,1-2H3,(H,21,22). The van der Waals surface area contributed by atoms with Crippen LogP contribution >= 0.6 is 0 Å². The van der Waals surface area contributed by atoms with E-state index in [9.17, 15) is 13.6 Å². The van der Waals surface area contributed by atoms with Crippen LogP contribution in [0, 0.1) is 11.6 Å². The van der Waals surface area contributed by atoms with Gasteiger partial charge >= 0.3 is 0 Å². The van der Waals surface area contributed by atoms with Gasteiger partial charge in [0.05, 0.1) is 6.04 Å². The summed E-state index contributed by atoms with van der Waals surface area (Å²) in [6, 6.07) is 10.2. The molecule has 5 heteroatoms. The lowest BCUT2D eigenvalue weighted by atomic mass is 10.1. The van der Waals surface area contributed by atoms with E-state index < -0.39 is 17.7 Å². The van der Waals surface area contributed by atoms with Gasteiger partial charge in [0.1, 0.15) is 17.4 Å². The van der Waals surface area contributed by atoms with E-state index in [1.165, 1.54) is 11.6 Å². The Balaban J connectivity index is 1.88. The van der Waals surface area contributed by atoms with Gasteiger partial charge in [-0.05, 0) is 37.1 Å². The Bertz CT molecular complexity index is 671. The molecule has 0 aliphatic heterocycles. The van der Waals surface area contributed by atoms with E-state index in [-0.39, 0.29) is 18.1 Å². The van der Waals surface area contributed by atoms with Crippen molar-refractivity contribution in [2.45, 2.75) is 26.3 Å². The van der Waals surface area contributed by atoms with E-state index in [2.05, 4.69) is 12.2 Å². The highest BCUT2D eigenvalue weighted by Crippen LogP contribution is 2.18. The first-order chi connectivity index (χ1) is 11.0. The van der Waals surface area contributed by atoms with Gasteiger partial charge in [-0.1, -0.05) is 25.1 Å². The maximum Gasteiger partial charge on any atom is 0.258 e. The van der Waals surface area contributed by atoms with Gasteiger partial charge in [-0.2, -0.15) is 0 Å². The molecule has 0 saturated heterocycles. The van der Waals surface area contributed by atoms with Gasteiger partial charge in [-0.15, -0.1) is 0 Å². The van der Waals surface area contributed by atoms with E-state index in [0.29, 0.717) is 5.75 Å². The number of carbonyl (C=O) groups excluding carboxylic acids is 1. The van der Waals surface area contributed by atoms with Gasteiger partial charge in [-0.3, -0.25) is 4.79 Å². The molecule has 2 aromatic rings. The molecule has 3 nitrogen and oxygen atoms in total. The molecule has 0 bridgehead atoms. The van der Waals surface area contributed by atoms with Crippen LogP contribution < -0.4 is 10.1 Å². The van der Waals surface area contributed by atoms with E-state index in [0.717, 1.165) is 18.6 Å². The average Bonchev–Trinajstić information content (AvgIpc) is 2.53. The second-order valence-electron chi connectivity index (χ2n) is 5.24. The van der Waals surface area contributed by atoms with Gasteiger partial charge in [0.25, 0.3) is 5.91 Å². The second kappa shape index (κ2) is 7.72. The Morgan fingerprint density at radius 1 is 1.17 bits per heavy atom. The molecular formula is C18H19F2NO2. The molecule has 0 heterocycles. The Morgan fingerprint density at radius 2 is 1.87 bits per heavy atom. The number of halogens is 2. The lowest BCUT2D eigenvalue weighted by molar-refractivity contribution is -0.123. The third kappa shape index (κ3) is 4.77. The molecule has 0 aromatic heterocycles. The van der Waals surface area contributed by atoms with Crippen molar-refractivity contribution in [2.24, 2.45) is 0 Å². The quantitative estimate of drug-likeness (QED) is 0.880. The molecule has 0 fully saturated rings. The Labute approximate surface area is 134 Å². The smallest absolute Gasteiger partial charge is 0.258 e. The van der Waals surface area contributed by atoms with Gasteiger partial charge in [0.15, 0.2) is 6.61 Å². The maximum atomic E-state index is 13.7. The molecule has 23 heavy (non-hydrogen) atoms. The number of carbonyl (C=O) groups is 1. The van der Waals surface area contributed by atoms with Crippen molar-refractivity contribution >= 4 is 5.91 Å². The summed E-state index contributed by atoms with van der Waals surface area (Å²) in [5, 5.41) is 2.62. The fourth-order valence-electron chi connectivity index (χ4n) is 2.18. The number of aryl methyl sites for hydroxylation is 1. The van der Waals surface area contributed by atoms with Crippen LogP contribution in [0.2, 0.25) is 0 Å². The SMILES string of the molecule is CCc1ccc(OCC(=O)NC(C)c2ccc(F)cc2F)cc1. The average molecular weight is 319 g/mol. The van der Waals surface area contributed by atoms with Crippen molar-refractivity contribution in [3.05, 3.63) is 65.2 Å². The summed E-state index contributed by atoms with van der Waals surface area (Å²) in [6.45, 7) is 3.52. The molecule has 122 valence electrons. The molecule has 0 radical (unpaired) electrons. The zero-order valence-electron chi connectivity index (χ0n) is 13.1. The van der Waals surface area contributed by atoms with Crippen molar-refractivity contribution in [3.63, 3.8) is 0 Å². The summed E-state index contributed by atoms with van der Waals surface area (Å²) in [5.74, 6) is -1.11. The molecule has 0 saturated carbocycles. The maximum absolute atomic E-state index is 13.7. The third-order valence-electron chi connectivity index (χ3n) is 3.51. The van der Waals surface area contributed by atoms with Crippen LogP contribution in [0.5, 0.6) is 5.75 Å². The van der Waals surface area contributed by atoms with Gasteiger partial charge in [-0.25, -0.2) is 8.78 Å². The number of ether oxygens (including phenoxy) is 1. The normalized spacial score (nSPS) is 11.8. The number of rotatable bonds is 6. The van der Waals surface area contributed by atoms with Crippen molar-refractivity contribution in [2.75, 3.05) is 6.61 Å². The Hall–Kier alpha value is -2.43. The zero-order valence-corrected chi connectivity index (χ0v) is 13.1. The summed E-state index contributed by atoms with van der Waals surface area (Å²) in [6.07, 6.45) is 0.932. The summed E-state index contributed by atoms with van der Waals surface area (Å²) >= 11 is 0.